The zero-order valence-electron chi connectivity index (χ0n) is 8.29. The lowest BCUT2D eigenvalue weighted by Crippen LogP contribution is -2.38. The first-order valence-electron chi connectivity index (χ1n) is 4.37. The number of sulfonamides is 1. The number of hydrogen-bond acceptors (Lipinski definition) is 3. The maximum absolute atomic E-state index is 12.0. The number of halogens is 3. The van der Waals surface area contributed by atoms with Crippen LogP contribution in [-0.4, -0.2) is 43.5 Å². The van der Waals surface area contributed by atoms with Crippen LogP contribution in [-0.2, 0) is 10.0 Å². The van der Waals surface area contributed by atoms with Gasteiger partial charge in [-0.3, -0.25) is 0 Å². The molecule has 0 aromatic rings. The van der Waals surface area contributed by atoms with Gasteiger partial charge in [0, 0.05) is 20.2 Å². The van der Waals surface area contributed by atoms with Gasteiger partial charge < -0.3 is 5.11 Å². The van der Waals surface area contributed by atoms with Gasteiger partial charge in [-0.25, -0.2) is 8.42 Å². The smallest absolute Gasteiger partial charge is 0.396 e. The number of aliphatic hydroxyl groups is 1. The highest BCUT2D eigenvalue weighted by molar-refractivity contribution is 7.89. The summed E-state index contributed by atoms with van der Waals surface area (Å²) < 4.78 is 57.8. The van der Waals surface area contributed by atoms with Gasteiger partial charge in [0.25, 0.3) is 0 Å². The van der Waals surface area contributed by atoms with Gasteiger partial charge in [0.05, 0.1) is 0 Å². The number of hydrogen-bond donors (Lipinski definition) is 1. The third-order valence-corrected chi connectivity index (χ3v) is 3.42. The fraction of sp³-hybridized carbons (Fsp3) is 1.00. The molecule has 1 N–H and O–H groups in total. The molecule has 4 nitrogen and oxygen atoms in total. The molecule has 0 spiro atoms. The van der Waals surface area contributed by atoms with E-state index < -0.39 is 15.5 Å². The summed E-state index contributed by atoms with van der Waals surface area (Å²) in [6, 6.07) is 0. The Labute approximate surface area is 86.7 Å². The van der Waals surface area contributed by atoms with Gasteiger partial charge in [-0.15, -0.1) is 0 Å². The highest BCUT2D eigenvalue weighted by atomic mass is 32.2. The summed E-state index contributed by atoms with van der Waals surface area (Å²) in [5.74, 6) is 0. The Morgan fingerprint density at radius 3 is 2.13 bits per heavy atom. The minimum Gasteiger partial charge on any atom is -0.396 e. The molecule has 0 aromatic carbocycles. The summed E-state index contributed by atoms with van der Waals surface area (Å²) in [4.78, 5) is 0. The normalized spacial score (nSPS) is 13.5. The lowest BCUT2D eigenvalue weighted by atomic mass is 10.2. The van der Waals surface area contributed by atoms with E-state index in [0.29, 0.717) is 19.3 Å². The summed E-state index contributed by atoms with van der Waals surface area (Å²) in [6.45, 7) is -0.239. The number of alkyl halides is 3. The number of rotatable bonds is 6. The van der Waals surface area contributed by atoms with Gasteiger partial charge in [-0.1, -0.05) is 0 Å². The van der Waals surface area contributed by atoms with E-state index in [9.17, 15) is 21.6 Å². The number of aliphatic hydroxyl groups excluding tert-OH is 1. The molecule has 0 aliphatic carbocycles. The van der Waals surface area contributed by atoms with Crippen LogP contribution in [0.5, 0.6) is 0 Å². The summed E-state index contributed by atoms with van der Waals surface area (Å²) in [5, 5.41) is 8.41. The minimum atomic E-state index is -5.24. The van der Waals surface area contributed by atoms with Crippen LogP contribution in [0.25, 0.3) is 0 Å². The van der Waals surface area contributed by atoms with Crippen LogP contribution in [0.3, 0.4) is 0 Å². The van der Waals surface area contributed by atoms with Crippen molar-refractivity contribution < 1.29 is 26.7 Å². The Bertz CT molecular complexity index is 276. The molecule has 0 bridgehead atoms. The second-order valence-electron chi connectivity index (χ2n) is 3.06. The van der Waals surface area contributed by atoms with E-state index in [1.165, 1.54) is 0 Å². The topological polar surface area (TPSA) is 57.6 Å². The predicted molar refractivity (Wildman–Crippen MR) is 48.5 cm³/mol. The second-order valence-corrected chi connectivity index (χ2v) is 5.09. The predicted octanol–water partition coefficient (Wildman–Crippen LogP) is 0.930. The number of nitrogens with zero attached hydrogens (tertiary/aromatic N) is 1. The summed E-state index contributed by atoms with van der Waals surface area (Å²) >= 11 is 0. The third-order valence-electron chi connectivity index (χ3n) is 1.83. The number of unbranched alkanes of at least 4 members (excludes halogenated alkanes) is 2. The van der Waals surface area contributed by atoms with Gasteiger partial charge in [0.1, 0.15) is 0 Å². The fourth-order valence-electron chi connectivity index (χ4n) is 0.920. The largest absolute Gasteiger partial charge is 0.511 e. The van der Waals surface area contributed by atoms with E-state index in [4.69, 9.17) is 5.11 Å². The molecule has 0 rings (SSSR count). The molecule has 0 heterocycles. The molecule has 0 saturated heterocycles. The van der Waals surface area contributed by atoms with Crippen LogP contribution in [0.2, 0.25) is 0 Å². The van der Waals surface area contributed by atoms with Crippen molar-refractivity contribution in [1.82, 2.24) is 4.31 Å². The summed E-state index contributed by atoms with van der Waals surface area (Å²) in [7, 11) is -4.30. The molecule has 8 heteroatoms. The third kappa shape index (κ3) is 4.35. The SMILES string of the molecule is CN(CCCCCO)S(=O)(=O)C(F)(F)F. The highest BCUT2D eigenvalue weighted by Gasteiger charge is 2.48. The minimum absolute atomic E-state index is 0.0459. The van der Waals surface area contributed by atoms with Crippen molar-refractivity contribution in [2.75, 3.05) is 20.2 Å². The molecule has 0 aromatic heterocycles. The van der Waals surface area contributed by atoms with Crippen LogP contribution in [0, 0.1) is 0 Å². The highest BCUT2D eigenvalue weighted by Crippen LogP contribution is 2.25. The molecule has 92 valence electrons. The quantitative estimate of drug-likeness (QED) is 0.712. The maximum atomic E-state index is 12.0. The average molecular weight is 249 g/mol. The van der Waals surface area contributed by atoms with Crippen molar-refractivity contribution in [3.8, 4) is 0 Å². The molecule has 15 heavy (non-hydrogen) atoms. The fourth-order valence-corrected chi connectivity index (χ4v) is 1.64. The van der Waals surface area contributed by atoms with Crippen LogP contribution in [0.15, 0.2) is 0 Å². The lowest BCUT2D eigenvalue weighted by molar-refractivity contribution is -0.0482. The van der Waals surface area contributed by atoms with Crippen molar-refractivity contribution in [2.45, 2.75) is 24.8 Å². The van der Waals surface area contributed by atoms with Crippen LogP contribution < -0.4 is 0 Å². The Hall–Kier alpha value is -0.340. The van der Waals surface area contributed by atoms with Crippen molar-refractivity contribution >= 4 is 10.0 Å². The molecule has 0 fully saturated rings. The van der Waals surface area contributed by atoms with E-state index in [2.05, 4.69) is 0 Å². The molecule has 0 aliphatic rings. The molecular weight excluding hydrogens is 235 g/mol. The Kier molecular flexibility index (Phi) is 5.54. The van der Waals surface area contributed by atoms with Crippen LogP contribution in [0.1, 0.15) is 19.3 Å². The van der Waals surface area contributed by atoms with Gasteiger partial charge >= 0.3 is 15.5 Å². The van der Waals surface area contributed by atoms with Gasteiger partial charge in [0.15, 0.2) is 0 Å². The molecule has 0 amide bonds. The summed E-state index contributed by atoms with van der Waals surface area (Å²) in [6.07, 6.45) is 1.25. The van der Waals surface area contributed by atoms with E-state index in [-0.39, 0.29) is 17.5 Å². The van der Waals surface area contributed by atoms with E-state index in [0.717, 1.165) is 7.05 Å². The standard InChI is InChI=1S/C7H14F3NO3S/c1-11(5-3-2-4-6-12)15(13,14)7(8,9)10/h12H,2-6H2,1H3. The Morgan fingerprint density at radius 1 is 1.20 bits per heavy atom. The summed E-state index contributed by atoms with van der Waals surface area (Å²) in [5.41, 5.74) is -5.24. The second kappa shape index (κ2) is 5.66. The van der Waals surface area contributed by atoms with E-state index in [1.54, 1.807) is 0 Å². The maximum Gasteiger partial charge on any atom is 0.511 e. The Morgan fingerprint density at radius 2 is 1.73 bits per heavy atom. The van der Waals surface area contributed by atoms with Crippen molar-refractivity contribution in [3.63, 3.8) is 0 Å². The zero-order chi connectivity index (χ0) is 12.1. The van der Waals surface area contributed by atoms with Crippen LogP contribution in [0.4, 0.5) is 13.2 Å². The average Bonchev–Trinajstić information content (AvgIpc) is 2.10. The molecule has 0 unspecified atom stereocenters. The molecule has 0 atom stereocenters. The molecule has 0 saturated carbocycles. The van der Waals surface area contributed by atoms with E-state index >= 15 is 0 Å². The Balaban J connectivity index is 4.16. The van der Waals surface area contributed by atoms with Crippen molar-refractivity contribution in [1.29, 1.82) is 0 Å². The monoisotopic (exact) mass is 249 g/mol. The van der Waals surface area contributed by atoms with Crippen LogP contribution >= 0.6 is 0 Å². The first kappa shape index (κ1) is 14.7. The van der Waals surface area contributed by atoms with Crippen molar-refractivity contribution in [3.05, 3.63) is 0 Å². The van der Waals surface area contributed by atoms with Crippen molar-refractivity contribution in [2.24, 2.45) is 0 Å². The molecular formula is C7H14F3NO3S. The van der Waals surface area contributed by atoms with Gasteiger partial charge in [-0.05, 0) is 19.3 Å². The first-order valence-corrected chi connectivity index (χ1v) is 5.81. The molecule has 0 aliphatic heterocycles. The van der Waals surface area contributed by atoms with Gasteiger partial charge in [-0.2, -0.15) is 17.5 Å². The first-order chi connectivity index (χ1) is 6.73. The lowest BCUT2D eigenvalue weighted by Gasteiger charge is -2.18. The zero-order valence-corrected chi connectivity index (χ0v) is 9.11. The molecule has 0 radical (unpaired) electrons. The van der Waals surface area contributed by atoms with E-state index in [1.807, 2.05) is 0 Å². The van der Waals surface area contributed by atoms with Gasteiger partial charge in [0.2, 0.25) is 0 Å².